The summed E-state index contributed by atoms with van der Waals surface area (Å²) in [6.07, 6.45) is 0. The summed E-state index contributed by atoms with van der Waals surface area (Å²) < 4.78 is 51.4. The molecule has 0 saturated carbocycles. The molecule has 10 heteroatoms. The molecule has 0 radical (unpaired) electrons. The van der Waals surface area contributed by atoms with Crippen LogP contribution in [-0.2, 0) is 14.8 Å². The molecule has 3 rings (SSSR count). The number of hydrogen-bond donors (Lipinski definition) is 1. The molecule has 0 unspecified atom stereocenters. The average molecular weight is 479 g/mol. The van der Waals surface area contributed by atoms with E-state index in [4.69, 9.17) is 21.1 Å². The predicted octanol–water partition coefficient (Wildman–Crippen LogP) is 4.33. The molecular weight excluding hydrogens is 459 g/mol. The van der Waals surface area contributed by atoms with Gasteiger partial charge >= 0.3 is 0 Å². The molecule has 0 aliphatic carbocycles. The molecule has 1 amide bonds. The molecule has 0 fully saturated rings. The fourth-order valence-electron chi connectivity index (χ4n) is 2.89. The zero-order valence-electron chi connectivity index (χ0n) is 17.2. The Morgan fingerprint density at radius 1 is 0.969 bits per heavy atom. The highest BCUT2D eigenvalue weighted by Crippen LogP contribution is 2.32. The van der Waals surface area contributed by atoms with Crippen LogP contribution in [-0.4, -0.2) is 35.1 Å². The van der Waals surface area contributed by atoms with Crippen molar-refractivity contribution in [3.63, 3.8) is 0 Å². The number of sulfonamides is 1. The normalized spacial score (nSPS) is 11.0. The summed E-state index contributed by atoms with van der Waals surface area (Å²) >= 11 is 5.94. The molecule has 0 spiro atoms. The second-order valence-corrected chi connectivity index (χ2v) is 8.86. The van der Waals surface area contributed by atoms with E-state index >= 15 is 0 Å². The third-order valence-corrected chi connectivity index (χ3v) is 6.49. The first-order chi connectivity index (χ1) is 15.2. The third-order valence-electron chi connectivity index (χ3n) is 4.47. The highest BCUT2D eigenvalue weighted by Gasteiger charge is 2.28. The van der Waals surface area contributed by atoms with Gasteiger partial charge in [-0.1, -0.05) is 11.6 Å². The lowest BCUT2D eigenvalue weighted by Gasteiger charge is -2.24. The SMILES string of the molecule is COc1ccc(S(=O)(=O)N(CC(=O)Nc2ccc(F)cc2)c2ccc(Cl)cc2)cc1OC. The Morgan fingerprint density at radius 3 is 2.19 bits per heavy atom. The van der Waals surface area contributed by atoms with Crippen molar-refractivity contribution in [1.82, 2.24) is 0 Å². The number of ether oxygens (including phenoxy) is 2. The maximum Gasteiger partial charge on any atom is 0.264 e. The Kier molecular flexibility index (Phi) is 7.22. The molecule has 0 atom stereocenters. The lowest BCUT2D eigenvalue weighted by Crippen LogP contribution is -2.38. The number of amides is 1. The van der Waals surface area contributed by atoms with Gasteiger partial charge in [0.15, 0.2) is 11.5 Å². The first-order valence-corrected chi connectivity index (χ1v) is 11.1. The molecule has 7 nitrogen and oxygen atoms in total. The van der Waals surface area contributed by atoms with Gasteiger partial charge < -0.3 is 14.8 Å². The Hall–Kier alpha value is -3.30. The van der Waals surface area contributed by atoms with Crippen LogP contribution in [0.25, 0.3) is 0 Å². The highest BCUT2D eigenvalue weighted by molar-refractivity contribution is 7.92. The molecule has 0 aliphatic rings. The summed E-state index contributed by atoms with van der Waals surface area (Å²) in [7, 11) is -1.36. The number of rotatable bonds is 8. The highest BCUT2D eigenvalue weighted by atomic mass is 35.5. The minimum Gasteiger partial charge on any atom is -0.493 e. The van der Waals surface area contributed by atoms with E-state index < -0.39 is 28.3 Å². The van der Waals surface area contributed by atoms with Crippen molar-refractivity contribution in [1.29, 1.82) is 0 Å². The number of methoxy groups -OCH3 is 2. The van der Waals surface area contributed by atoms with Crippen LogP contribution in [0.3, 0.4) is 0 Å². The van der Waals surface area contributed by atoms with Gasteiger partial charge in [0.1, 0.15) is 12.4 Å². The maximum absolute atomic E-state index is 13.5. The van der Waals surface area contributed by atoms with E-state index in [0.717, 1.165) is 4.31 Å². The third kappa shape index (κ3) is 5.30. The minimum absolute atomic E-state index is 0.0975. The van der Waals surface area contributed by atoms with Crippen LogP contribution in [0.15, 0.2) is 71.6 Å². The summed E-state index contributed by atoms with van der Waals surface area (Å²) in [5, 5.41) is 2.97. The molecule has 0 saturated heterocycles. The summed E-state index contributed by atoms with van der Waals surface area (Å²) in [6.45, 7) is -0.532. The fourth-order valence-corrected chi connectivity index (χ4v) is 4.45. The van der Waals surface area contributed by atoms with Crippen molar-refractivity contribution >= 4 is 38.9 Å². The summed E-state index contributed by atoms with van der Waals surface area (Å²) in [5.74, 6) is -0.489. The van der Waals surface area contributed by atoms with Gasteiger partial charge in [0.05, 0.1) is 24.8 Å². The van der Waals surface area contributed by atoms with Crippen molar-refractivity contribution in [2.75, 3.05) is 30.4 Å². The van der Waals surface area contributed by atoms with Gasteiger partial charge in [-0.2, -0.15) is 0 Å². The quantitative estimate of drug-likeness (QED) is 0.521. The van der Waals surface area contributed by atoms with E-state index in [1.807, 2.05) is 0 Å². The maximum atomic E-state index is 13.5. The number of anilines is 2. The molecule has 168 valence electrons. The van der Waals surface area contributed by atoms with Gasteiger partial charge in [-0.15, -0.1) is 0 Å². The fraction of sp³-hybridized carbons (Fsp3) is 0.136. The first-order valence-electron chi connectivity index (χ1n) is 9.30. The molecule has 0 bridgehead atoms. The van der Waals surface area contributed by atoms with Crippen LogP contribution in [0.4, 0.5) is 15.8 Å². The molecule has 32 heavy (non-hydrogen) atoms. The zero-order chi connectivity index (χ0) is 23.3. The summed E-state index contributed by atoms with van der Waals surface area (Å²) in [5.41, 5.74) is 0.564. The van der Waals surface area contributed by atoms with Crippen LogP contribution < -0.4 is 19.1 Å². The van der Waals surface area contributed by atoms with Crippen LogP contribution >= 0.6 is 11.6 Å². The van der Waals surface area contributed by atoms with E-state index in [0.29, 0.717) is 16.5 Å². The van der Waals surface area contributed by atoms with E-state index in [9.17, 15) is 17.6 Å². The largest absolute Gasteiger partial charge is 0.493 e. The molecule has 0 aliphatic heterocycles. The van der Waals surface area contributed by atoms with E-state index in [-0.39, 0.29) is 16.3 Å². The zero-order valence-corrected chi connectivity index (χ0v) is 18.8. The van der Waals surface area contributed by atoms with Crippen molar-refractivity contribution in [2.45, 2.75) is 4.90 Å². The molecule has 3 aromatic rings. The number of benzene rings is 3. The van der Waals surface area contributed by atoms with Crippen molar-refractivity contribution in [3.05, 3.63) is 77.6 Å². The van der Waals surface area contributed by atoms with E-state index in [2.05, 4.69) is 5.32 Å². The Morgan fingerprint density at radius 2 is 1.59 bits per heavy atom. The van der Waals surface area contributed by atoms with Gasteiger partial charge in [0.2, 0.25) is 5.91 Å². The molecular formula is C22H20ClFN2O5S. The first kappa shape index (κ1) is 23.4. The number of carbonyl (C=O) groups excluding carboxylic acids is 1. The second kappa shape index (κ2) is 9.88. The number of nitrogens with one attached hydrogen (secondary N) is 1. The van der Waals surface area contributed by atoms with Crippen molar-refractivity contribution in [2.24, 2.45) is 0 Å². The van der Waals surface area contributed by atoms with Crippen molar-refractivity contribution in [3.8, 4) is 11.5 Å². The van der Waals surface area contributed by atoms with Gasteiger partial charge in [-0.3, -0.25) is 9.10 Å². The number of nitrogens with zero attached hydrogens (tertiary/aromatic N) is 1. The number of carbonyl (C=O) groups is 1. The Labute approximate surface area is 190 Å². The van der Waals surface area contributed by atoms with E-state index in [1.54, 1.807) is 0 Å². The monoisotopic (exact) mass is 478 g/mol. The standard InChI is InChI=1S/C22H20ClFN2O5S/c1-30-20-12-11-19(13-21(20)31-2)32(28,29)26(18-9-3-15(23)4-10-18)14-22(27)25-17-7-5-16(24)6-8-17/h3-13H,14H2,1-2H3,(H,25,27). The molecule has 0 heterocycles. The number of halogens is 2. The second-order valence-electron chi connectivity index (χ2n) is 6.56. The average Bonchev–Trinajstić information content (AvgIpc) is 2.79. The number of hydrogen-bond acceptors (Lipinski definition) is 5. The van der Waals surface area contributed by atoms with Crippen LogP contribution in [0.5, 0.6) is 11.5 Å². The van der Waals surface area contributed by atoms with Crippen molar-refractivity contribution < 1.29 is 27.1 Å². The lowest BCUT2D eigenvalue weighted by molar-refractivity contribution is -0.114. The van der Waals surface area contributed by atoms with E-state index in [1.165, 1.54) is 80.9 Å². The Balaban J connectivity index is 1.97. The van der Waals surface area contributed by atoms with Crippen LogP contribution in [0.2, 0.25) is 5.02 Å². The van der Waals surface area contributed by atoms with Gasteiger partial charge in [0.25, 0.3) is 10.0 Å². The van der Waals surface area contributed by atoms with Gasteiger partial charge in [0, 0.05) is 16.8 Å². The topological polar surface area (TPSA) is 84.9 Å². The Bertz CT molecular complexity index is 1200. The van der Waals surface area contributed by atoms with Gasteiger partial charge in [-0.05, 0) is 60.7 Å². The van der Waals surface area contributed by atoms with Crippen LogP contribution in [0, 0.1) is 5.82 Å². The summed E-state index contributed by atoms with van der Waals surface area (Å²) in [6, 6.07) is 15.3. The smallest absolute Gasteiger partial charge is 0.264 e. The molecule has 1 N–H and O–H groups in total. The molecule has 0 aromatic heterocycles. The van der Waals surface area contributed by atoms with Crippen LogP contribution in [0.1, 0.15) is 0 Å². The minimum atomic E-state index is -4.18. The predicted molar refractivity (Wildman–Crippen MR) is 121 cm³/mol. The molecule has 3 aromatic carbocycles. The summed E-state index contributed by atoms with van der Waals surface area (Å²) in [4.78, 5) is 12.6. The lowest BCUT2D eigenvalue weighted by atomic mass is 10.3. The van der Waals surface area contributed by atoms with Gasteiger partial charge in [-0.25, -0.2) is 12.8 Å².